The number of carbonyl (C=O) groups is 2. The lowest BCUT2D eigenvalue weighted by molar-refractivity contribution is -0.120. The normalized spacial score (nSPS) is 11.6. The number of benzene rings is 1. The number of unbranched alkanes of at least 4 members (excludes halogenated alkanes) is 1. The molecule has 1 aromatic carbocycles. The summed E-state index contributed by atoms with van der Waals surface area (Å²) in [6, 6.07) is 4.50. The van der Waals surface area contributed by atoms with E-state index < -0.39 is 23.7 Å². The highest BCUT2D eigenvalue weighted by Gasteiger charge is 2.18. The lowest BCUT2D eigenvalue weighted by atomic mass is 10.1. The van der Waals surface area contributed by atoms with Crippen molar-refractivity contribution in [3.8, 4) is 0 Å². The van der Waals surface area contributed by atoms with E-state index in [2.05, 4.69) is 11.9 Å². The summed E-state index contributed by atoms with van der Waals surface area (Å²) in [7, 11) is 0. The minimum absolute atomic E-state index is 0.162. The molecular weight excluding hydrogens is 247 g/mol. The van der Waals surface area contributed by atoms with Crippen LogP contribution in [0.5, 0.6) is 0 Å². The van der Waals surface area contributed by atoms with Crippen molar-refractivity contribution in [2.45, 2.75) is 25.3 Å². The van der Waals surface area contributed by atoms with Crippen molar-refractivity contribution in [2.24, 2.45) is 5.73 Å². The van der Waals surface area contributed by atoms with Crippen LogP contribution in [0.15, 0.2) is 36.9 Å². The highest BCUT2D eigenvalue weighted by Crippen LogP contribution is 2.06. The van der Waals surface area contributed by atoms with Gasteiger partial charge in [0.25, 0.3) is 5.91 Å². The average Bonchev–Trinajstić information content (AvgIpc) is 2.37. The summed E-state index contributed by atoms with van der Waals surface area (Å²) < 4.78 is 13.0. The van der Waals surface area contributed by atoms with Gasteiger partial charge < -0.3 is 11.1 Å². The number of nitrogens with two attached hydrogens (primary N) is 1. The molecule has 0 aliphatic carbocycles. The van der Waals surface area contributed by atoms with Crippen molar-refractivity contribution >= 4 is 11.8 Å². The smallest absolute Gasteiger partial charge is 0.252 e. The molecule has 2 amide bonds. The summed E-state index contributed by atoms with van der Waals surface area (Å²) in [5.41, 5.74) is 5.38. The third-order valence-electron chi connectivity index (χ3n) is 2.64. The van der Waals surface area contributed by atoms with Gasteiger partial charge in [0.2, 0.25) is 5.91 Å². The second-order valence-corrected chi connectivity index (χ2v) is 4.16. The van der Waals surface area contributed by atoms with Gasteiger partial charge in [-0.3, -0.25) is 9.59 Å². The van der Waals surface area contributed by atoms with Gasteiger partial charge >= 0.3 is 0 Å². The summed E-state index contributed by atoms with van der Waals surface area (Å²) in [6.07, 6.45) is 3.59. The Balaban J connectivity index is 2.65. The Kier molecular flexibility index (Phi) is 5.73. The number of allylic oxidation sites excluding steroid dienone is 1. The monoisotopic (exact) mass is 264 g/mol. The van der Waals surface area contributed by atoms with Crippen LogP contribution in [0.1, 0.15) is 29.6 Å². The predicted octanol–water partition coefficient (Wildman–Crippen LogP) is 1.77. The Morgan fingerprint density at radius 3 is 2.79 bits per heavy atom. The molecule has 102 valence electrons. The molecule has 0 heterocycles. The molecule has 0 bridgehead atoms. The molecular formula is C14H17FN2O2. The van der Waals surface area contributed by atoms with E-state index in [0.717, 1.165) is 12.5 Å². The van der Waals surface area contributed by atoms with Crippen LogP contribution in [0, 0.1) is 5.82 Å². The summed E-state index contributed by atoms with van der Waals surface area (Å²) >= 11 is 0. The van der Waals surface area contributed by atoms with E-state index in [9.17, 15) is 14.0 Å². The quantitative estimate of drug-likeness (QED) is 0.582. The Bertz CT molecular complexity index is 474. The van der Waals surface area contributed by atoms with Crippen LogP contribution in [0.25, 0.3) is 0 Å². The van der Waals surface area contributed by atoms with Crippen molar-refractivity contribution in [1.82, 2.24) is 5.32 Å². The molecule has 0 spiro atoms. The van der Waals surface area contributed by atoms with E-state index in [4.69, 9.17) is 5.73 Å². The summed E-state index contributed by atoms with van der Waals surface area (Å²) in [6.45, 7) is 3.58. The third kappa shape index (κ3) is 4.91. The summed E-state index contributed by atoms with van der Waals surface area (Å²) in [4.78, 5) is 23.1. The molecule has 19 heavy (non-hydrogen) atoms. The first-order valence-electron chi connectivity index (χ1n) is 6.01. The third-order valence-corrected chi connectivity index (χ3v) is 2.64. The lowest BCUT2D eigenvalue weighted by Crippen LogP contribution is -2.44. The SMILES string of the molecule is C=CCCC[C@H](NC(=O)c1cccc(F)c1)C(N)=O. The van der Waals surface area contributed by atoms with Gasteiger partial charge in [-0.1, -0.05) is 12.1 Å². The highest BCUT2D eigenvalue weighted by atomic mass is 19.1. The van der Waals surface area contributed by atoms with Crippen LogP contribution in [0.3, 0.4) is 0 Å². The molecule has 0 unspecified atom stereocenters. The standard InChI is InChI=1S/C14H17FN2O2/c1-2-3-4-8-12(13(16)18)17-14(19)10-6-5-7-11(15)9-10/h2,5-7,9,12H,1,3-4,8H2,(H2,16,18)(H,17,19)/t12-/m0/s1. The molecule has 0 radical (unpaired) electrons. The molecule has 4 nitrogen and oxygen atoms in total. The molecule has 0 saturated carbocycles. The van der Waals surface area contributed by atoms with Gasteiger partial charge in [-0.2, -0.15) is 0 Å². The molecule has 0 aliphatic rings. The van der Waals surface area contributed by atoms with Crippen LogP contribution in [0.4, 0.5) is 4.39 Å². The predicted molar refractivity (Wildman–Crippen MR) is 70.9 cm³/mol. The molecule has 3 N–H and O–H groups in total. The van der Waals surface area contributed by atoms with E-state index >= 15 is 0 Å². The fourth-order valence-electron chi connectivity index (χ4n) is 1.62. The van der Waals surface area contributed by atoms with Crippen molar-refractivity contribution in [3.63, 3.8) is 0 Å². The molecule has 0 aromatic heterocycles. The van der Waals surface area contributed by atoms with Crippen molar-refractivity contribution in [1.29, 1.82) is 0 Å². The van der Waals surface area contributed by atoms with Crippen LogP contribution < -0.4 is 11.1 Å². The maximum Gasteiger partial charge on any atom is 0.252 e. The largest absolute Gasteiger partial charge is 0.368 e. The van der Waals surface area contributed by atoms with Gasteiger partial charge in [-0.05, 0) is 37.5 Å². The maximum absolute atomic E-state index is 13.0. The molecule has 1 aromatic rings. The minimum atomic E-state index is -0.754. The number of rotatable bonds is 7. The zero-order valence-corrected chi connectivity index (χ0v) is 10.6. The molecule has 0 saturated heterocycles. The van der Waals surface area contributed by atoms with Gasteiger partial charge in [-0.15, -0.1) is 6.58 Å². The number of halogens is 1. The van der Waals surface area contributed by atoms with Crippen LogP contribution >= 0.6 is 0 Å². The molecule has 0 fully saturated rings. The number of hydrogen-bond donors (Lipinski definition) is 2. The Morgan fingerprint density at radius 2 is 2.21 bits per heavy atom. The van der Waals surface area contributed by atoms with E-state index in [1.807, 2.05) is 0 Å². The van der Waals surface area contributed by atoms with Crippen LogP contribution in [0.2, 0.25) is 0 Å². The second kappa shape index (κ2) is 7.31. The zero-order valence-electron chi connectivity index (χ0n) is 10.6. The van der Waals surface area contributed by atoms with Gasteiger partial charge in [-0.25, -0.2) is 4.39 Å². The lowest BCUT2D eigenvalue weighted by Gasteiger charge is -2.15. The van der Waals surface area contributed by atoms with E-state index in [-0.39, 0.29) is 5.56 Å². The van der Waals surface area contributed by atoms with E-state index in [0.29, 0.717) is 12.8 Å². The minimum Gasteiger partial charge on any atom is -0.368 e. The Morgan fingerprint density at radius 1 is 1.47 bits per heavy atom. The van der Waals surface area contributed by atoms with Gasteiger partial charge in [0.05, 0.1) is 0 Å². The van der Waals surface area contributed by atoms with E-state index in [1.54, 1.807) is 6.08 Å². The van der Waals surface area contributed by atoms with Crippen molar-refractivity contribution in [2.75, 3.05) is 0 Å². The maximum atomic E-state index is 13.0. The highest BCUT2D eigenvalue weighted by molar-refractivity contribution is 5.97. The average molecular weight is 264 g/mol. The number of amides is 2. The fraction of sp³-hybridized carbons (Fsp3) is 0.286. The number of carbonyl (C=O) groups excluding carboxylic acids is 2. The molecule has 1 atom stereocenters. The molecule has 0 aliphatic heterocycles. The fourth-order valence-corrected chi connectivity index (χ4v) is 1.62. The van der Waals surface area contributed by atoms with Crippen LogP contribution in [-0.4, -0.2) is 17.9 Å². The van der Waals surface area contributed by atoms with Gasteiger partial charge in [0.1, 0.15) is 11.9 Å². The number of primary amides is 1. The summed E-state index contributed by atoms with van der Waals surface area (Å²) in [5, 5.41) is 2.50. The van der Waals surface area contributed by atoms with Crippen molar-refractivity contribution in [3.05, 3.63) is 48.3 Å². The van der Waals surface area contributed by atoms with Crippen LogP contribution in [-0.2, 0) is 4.79 Å². The van der Waals surface area contributed by atoms with Gasteiger partial charge in [0, 0.05) is 5.56 Å². The topological polar surface area (TPSA) is 72.2 Å². The summed E-state index contributed by atoms with van der Waals surface area (Å²) in [5.74, 6) is -1.62. The number of nitrogens with one attached hydrogen (secondary N) is 1. The molecule has 5 heteroatoms. The Labute approximate surface area is 111 Å². The first-order valence-corrected chi connectivity index (χ1v) is 6.01. The van der Waals surface area contributed by atoms with E-state index in [1.165, 1.54) is 18.2 Å². The first kappa shape index (κ1) is 14.9. The van der Waals surface area contributed by atoms with Crippen molar-refractivity contribution < 1.29 is 14.0 Å². The Hall–Kier alpha value is -2.17. The van der Waals surface area contributed by atoms with Gasteiger partial charge in [0.15, 0.2) is 0 Å². The number of hydrogen-bond acceptors (Lipinski definition) is 2. The first-order chi connectivity index (χ1) is 9.04. The second-order valence-electron chi connectivity index (χ2n) is 4.16. The zero-order chi connectivity index (χ0) is 14.3. The molecule has 1 rings (SSSR count).